The Bertz CT molecular complexity index is 355. The molecular weight excluding hydrogens is 268 g/mol. The lowest BCUT2D eigenvalue weighted by molar-refractivity contribution is -0.145. The molecule has 5 heteroatoms. The lowest BCUT2D eigenvalue weighted by atomic mass is 9.96. The van der Waals surface area contributed by atoms with Crippen LogP contribution in [0.2, 0.25) is 0 Å². The van der Waals surface area contributed by atoms with E-state index in [1.807, 2.05) is 13.8 Å². The third kappa shape index (κ3) is 3.96. The minimum Gasteiger partial charge on any atom is -0.480 e. The standard InChI is InChI=1S/C16H30N2O3/c1-4-18(11-14-6-5-9-21-14)13-7-8-16(10-13,15(19)20)17-12(2)3/h12-14,17H,4-11H2,1-3H3,(H,19,20). The van der Waals surface area contributed by atoms with E-state index in [1.54, 1.807) is 0 Å². The first kappa shape index (κ1) is 16.7. The van der Waals surface area contributed by atoms with Gasteiger partial charge in [0.05, 0.1) is 6.10 Å². The largest absolute Gasteiger partial charge is 0.480 e. The highest BCUT2D eigenvalue weighted by Crippen LogP contribution is 2.34. The van der Waals surface area contributed by atoms with Gasteiger partial charge >= 0.3 is 5.97 Å². The Morgan fingerprint density at radius 2 is 2.24 bits per heavy atom. The van der Waals surface area contributed by atoms with Crippen LogP contribution in [0.1, 0.15) is 52.9 Å². The van der Waals surface area contributed by atoms with Crippen LogP contribution >= 0.6 is 0 Å². The van der Waals surface area contributed by atoms with Gasteiger partial charge in [-0.15, -0.1) is 0 Å². The Labute approximate surface area is 128 Å². The first-order chi connectivity index (χ1) is 9.97. The van der Waals surface area contributed by atoms with E-state index in [0.29, 0.717) is 25.0 Å². The van der Waals surface area contributed by atoms with Gasteiger partial charge in [0.25, 0.3) is 0 Å². The Kier molecular flexibility index (Phi) is 5.63. The number of likely N-dealkylation sites (N-methyl/N-ethyl adjacent to an activating group) is 1. The highest BCUT2D eigenvalue weighted by atomic mass is 16.5. The van der Waals surface area contributed by atoms with Crippen molar-refractivity contribution in [3.63, 3.8) is 0 Å². The summed E-state index contributed by atoms with van der Waals surface area (Å²) in [4.78, 5) is 14.2. The van der Waals surface area contributed by atoms with Crippen molar-refractivity contribution >= 4 is 5.97 Å². The van der Waals surface area contributed by atoms with Crippen molar-refractivity contribution in [1.82, 2.24) is 10.2 Å². The maximum atomic E-state index is 11.8. The zero-order valence-electron chi connectivity index (χ0n) is 13.6. The molecule has 0 bridgehead atoms. The molecule has 1 aliphatic heterocycles. The van der Waals surface area contributed by atoms with Crippen LogP contribution in [-0.2, 0) is 9.53 Å². The number of hydrogen-bond donors (Lipinski definition) is 2. The van der Waals surface area contributed by atoms with Crippen LogP contribution in [0, 0.1) is 0 Å². The second-order valence-electron chi connectivity index (χ2n) is 6.81. The van der Waals surface area contributed by atoms with E-state index in [9.17, 15) is 9.90 Å². The minimum atomic E-state index is -0.747. The van der Waals surface area contributed by atoms with Gasteiger partial charge in [0, 0.05) is 25.2 Å². The molecule has 2 N–H and O–H groups in total. The van der Waals surface area contributed by atoms with E-state index < -0.39 is 11.5 Å². The predicted octanol–water partition coefficient (Wildman–Crippen LogP) is 1.86. The van der Waals surface area contributed by atoms with Gasteiger partial charge in [-0.3, -0.25) is 15.0 Å². The van der Waals surface area contributed by atoms with Gasteiger partial charge in [0.2, 0.25) is 0 Å². The summed E-state index contributed by atoms with van der Waals surface area (Å²) >= 11 is 0. The fourth-order valence-electron chi connectivity index (χ4n) is 3.86. The third-order valence-electron chi connectivity index (χ3n) is 4.85. The SMILES string of the molecule is CCN(CC1CCCO1)C1CCC(NC(C)C)(C(=O)O)C1. The average molecular weight is 298 g/mol. The molecule has 5 nitrogen and oxygen atoms in total. The average Bonchev–Trinajstić information content (AvgIpc) is 3.05. The quantitative estimate of drug-likeness (QED) is 0.751. The van der Waals surface area contributed by atoms with Crippen molar-refractivity contribution in [2.45, 2.75) is 76.6 Å². The molecule has 3 atom stereocenters. The molecule has 21 heavy (non-hydrogen) atoms. The van der Waals surface area contributed by atoms with E-state index in [2.05, 4.69) is 17.1 Å². The Morgan fingerprint density at radius 3 is 2.76 bits per heavy atom. The summed E-state index contributed by atoms with van der Waals surface area (Å²) in [5.41, 5.74) is -0.747. The van der Waals surface area contributed by atoms with Crippen LogP contribution in [0.5, 0.6) is 0 Å². The zero-order valence-corrected chi connectivity index (χ0v) is 13.6. The van der Waals surface area contributed by atoms with Gasteiger partial charge in [-0.2, -0.15) is 0 Å². The summed E-state index contributed by atoms with van der Waals surface area (Å²) in [6, 6.07) is 0.537. The van der Waals surface area contributed by atoms with Crippen LogP contribution < -0.4 is 5.32 Å². The highest BCUT2D eigenvalue weighted by molar-refractivity contribution is 5.79. The fraction of sp³-hybridized carbons (Fsp3) is 0.938. The molecule has 2 aliphatic rings. The molecule has 3 unspecified atom stereocenters. The van der Waals surface area contributed by atoms with Gasteiger partial charge in [-0.05, 0) is 52.5 Å². The predicted molar refractivity (Wildman–Crippen MR) is 82.5 cm³/mol. The van der Waals surface area contributed by atoms with Gasteiger partial charge < -0.3 is 9.84 Å². The van der Waals surface area contributed by atoms with Gasteiger partial charge in [0.15, 0.2) is 0 Å². The van der Waals surface area contributed by atoms with Crippen molar-refractivity contribution in [1.29, 1.82) is 0 Å². The number of carboxylic acids is 1. The van der Waals surface area contributed by atoms with E-state index in [-0.39, 0.29) is 6.04 Å². The van der Waals surface area contributed by atoms with E-state index in [1.165, 1.54) is 0 Å². The van der Waals surface area contributed by atoms with Crippen LogP contribution in [0.15, 0.2) is 0 Å². The Balaban J connectivity index is 1.98. The molecule has 0 amide bonds. The van der Waals surface area contributed by atoms with Crippen molar-refractivity contribution in [2.24, 2.45) is 0 Å². The molecule has 0 aromatic carbocycles. The number of ether oxygens (including phenoxy) is 1. The first-order valence-electron chi connectivity index (χ1n) is 8.33. The molecule has 0 aromatic heterocycles. The topological polar surface area (TPSA) is 61.8 Å². The number of nitrogens with one attached hydrogen (secondary N) is 1. The summed E-state index contributed by atoms with van der Waals surface area (Å²) in [5, 5.41) is 13.0. The smallest absolute Gasteiger partial charge is 0.323 e. The van der Waals surface area contributed by atoms with Crippen molar-refractivity contribution in [2.75, 3.05) is 19.7 Å². The molecule has 1 heterocycles. The minimum absolute atomic E-state index is 0.188. The Morgan fingerprint density at radius 1 is 1.48 bits per heavy atom. The van der Waals surface area contributed by atoms with Crippen LogP contribution in [0.25, 0.3) is 0 Å². The van der Waals surface area contributed by atoms with Crippen molar-refractivity contribution in [3.05, 3.63) is 0 Å². The maximum absolute atomic E-state index is 11.8. The summed E-state index contributed by atoms with van der Waals surface area (Å²) in [6.07, 6.45) is 4.99. The van der Waals surface area contributed by atoms with Gasteiger partial charge in [0.1, 0.15) is 5.54 Å². The molecule has 122 valence electrons. The van der Waals surface area contributed by atoms with Gasteiger partial charge in [-0.25, -0.2) is 0 Å². The highest BCUT2D eigenvalue weighted by Gasteiger charge is 2.47. The molecule has 0 spiro atoms. The molecule has 1 saturated heterocycles. The summed E-state index contributed by atoms with van der Waals surface area (Å²) in [7, 11) is 0. The zero-order chi connectivity index (χ0) is 15.5. The normalized spacial score (nSPS) is 33.2. The molecule has 2 fully saturated rings. The van der Waals surface area contributed by atoms with Crippen LogP contribution in [0.4, 0.5) is 0 Å². The number of carboxylic acid groups (broad SMARTS) is 1. The maximum Gasteiger partial charge on any atom is 0.323 e. The van der Waals surface area contributed by atoms with Crippen LogP contribution in [-0.4, -0.2) is 59.4 Å². The van der Waals surface area contributed by atoms with Crippen molar-refractivity contribution < 1.29 is 14.6 Å². The summed E-state index contributed by atoms with van der Waals surface area (Å²) in [5.74, 6) is -0.702. The van der Waals surface area contributed by atoms with E-state index in [4.69, 9.17) is 4.74 Å². The molecule has 2 rings (SSSR count). The number of nitrogens with zero attached hydrogens (tertiary/aromatic N) is 1. The van der Waals surface area contributed by atoms with Gasteiger partial charge in [-0.1, -0.05) is 6.92 Å². The molecule has 1 aliphatic carbocycles. The fourth-order valence-corrected chi connectivity index (χ4v) is 3.86. The van der Waals surface area contributed by atoms with Crippen molar-refractivity contribution in [3.8, 4) is 0 Å². The lowest BCUT2D eigenvalue weighted by Crippen LogP contribution is -2.54. The molecule has 0 aromatic rings. The van der Waals surface area contributed by atoms with E-state index in [0.717, 1.165) is 39.0 Å². The molecule has 0 radical (unpaired) electrons. The second-order valence-corrected chi connectivity index (χ2v) is 6.81. The van der Waals surface area contributed by atoms with Crippen LogP contribution in [0.3, 0.4) is 0 Å². The number of carbonyl (C=O) groups is 1. The summed E-state index contributed by atoms with van der Waals surface area (Å²) in [6.45, 7) is 8.97. The Hall–Kier alpha value is -0.650. The third-order valence-corrected chi connectivity index (χ3v) is 4.85. The molecular formula is C16H30N2O3. The second kappa shape index (κ2) is 7.07. The number of rotatable bonds is 7. The number of aliphatic carboxylic acids is 1. The van der Waals surface area contributed by atoms with E-state index >= 15 is 0 Å². The molecule has 1 saturated carbocycles. The number of hydrogen-bond acceptors (Lipinski definition) is 4. The monoisotopic (exact) mass is 298 g/mol. The summed E-state index contributed by atoms with van der Waals surface area (Å²) < 4.78 is 5.74. The lowest BCUT2D eigenvalue weighted by Gasteiger charge is -2.32. The first-order valence-corrected chi connectivity index (χ1v) is 8.33.